The van der Waals surface area contributed by atoms with E-state index in [2.05, 4.69) is 0 Å². The van der Waals surface area contributed by atoms with Crippen LogP contribution in [0.1, 0.15) is 12.0 Å². The number of hydrogen-bond donors (Lipinski definition) is 2. The van der Waals surface area contributed by atoms with Crippen LogP contribution in [0.15, 0.2) is 18.2 Å². The number of halogens is 2. The summed E-state index contributed by atoms with van der Waals surface area (Å²) in [5, 5.41) is 8.33. The molecule has 0 unspecified atom stereocenters. The molecule has 0 heterocycles. The molecule has 0 spiro atoms. The molecule has 0 bridgehead atoms. The van der Waals surface area contributed by atoms with Crippen LogP contribution in [0.25, 0.3) is 6.08 Å². The summed E-state index contributed by atoms with van der Waals surface area (Å²) in [6, 6.07) is 2.14. The number of carboxylic acid groups (broad SMARTS) is 1. The minimum absolute atomic E-state index is 0.0653. The van der Waals surface area contributed by atoms with Gasteiger partial charge in [0.05, 0.1) is 6.42 Å². The van der Waals surface area contributed by atoms with E-state index >= 15 is 0 Å². The van der Waals surface area contributed by atoms with Crippen molar-refractivity contribution in [2.24, 2.45) is 0 Å². The molecule has 0 atom stereocenters. The van der Waals surface area contributed by atoms with Crippen LogP contribution in [0.3, 0.4) is 0 Å². The van der Waals surface area contributed by atoms with Crippen LogP contribution in [-0.2, 0) is 4.79 Å². The number of carbonyl (C=O) groups is 1. The SMILES string of the molecule is Nc1ccc(F)c(F)c1C=CCC(=O)O. The first-order valence-electron chi connectivity index (χ1n) is 4.14. The summed E-state index contributed by atoms with van der Waals surface area (Å²) in [5.41, 5.74) is 5.34. The van der Waals surface area contributed by atoms with Gasteiger partial charge >= 0.3 is 5.97 Å². The standard InChI is InChI=1S/C10H9F2NO2/c11-7-4-5-8(13)6(10(7)12)2-1-3-9(14)15/h1-2,4-5H,3,13H2,(H,14,15). The minimum atomic E-state index is -1.07. The number of nitrogens with two attached hydrogens (primary N) is 1. The first kappa shape index (κ1) is 11.2. The van der Waals surface area contributed by atoms with Crippen LogP contribution in [0, 0.1) is 11.6 Å². The number of carboxylic acids is 1. The van der Waals surface area contributed by atoms with Crippen LogP contribution in [-0.4, -0.2) is 11.1 Å². The van der Waals surface area contributed by atoms with Gasteiger partial charge in [-0.3, -0.25) is 4.79 Å². The van der Waals surface area contributed by atoms with Gasteiger partial charge in [-0.1, -0.05) is 12.2 Å². The number of aliphatic carboxylic acids is 1. The van der Waals surface area contributed by atoms with Crippen molar-refractivity contribution in [3.05, 3.63) is 35.4 Å². The molecule has 0 aliphatic carbocycles. The fourth-order valence-electron chi connectivity index (χ4n) is 1.03. The summed E-state index contributed by atoms with van der Waals surface area (Å²) in [5.74, 6) is -3.14. The Kier molecular flexibility index (Phi) is 3.38. The predicted octanol–water partition coefficient (Wildman–Crippen LogP) is 2.03. The maximum Gasteiger partial charge on any atom is 0.307 e. The molecule has 1 rings (SSSR count). The third kappa shape index (κ3) is 2.77. The van der Waals surface area contributed by atoms with Gasteiger partial charge in [0.2, 0.25) is 0 Å². The zero-order chi connectivity index (χ0) is 11.4. The molecule has 5 heteroatoms. The second kappa shape index (κ2) is 4.54. The fraction of sp³-hybridized carbons (Fsp3) is 0.100. The normalized spacial score (nSPS) is 10.8. The van der Waals surface area contributed by atoms with E-state index in [1.807, 2.05) is 0 Å². The average molecular weight is 213 g/mol. The molecule has 1 aromatic rings. The van der Waals surface area contributed by atoms with Gasteiger partial charge in [0.25, 0.3) is 0 Å². The Morgan fingerprint density at radius 1 is 1.47 bits per heavy atom. The Morgan fingerprint density at radius 3 is 2.73 bits per heavy atom. The molecule has 0 fully saturated rings. The monoisotopic (exact) mass is 213 g/mol. The Bertz CT molecular complexity index is 416. The van der Waals surface area contributed by atoms with Gasteiger partial charge in [-0.05, 0) is 12.1 Å². The van der Waals surface area contributed by atoms with E-state index in [-0.39, 0.29) is 17.7 Å². The highest BCUT2D eigenvalue weighted by atomic mass is 19.2. The fourth-order valence-corrected chi connectivity index (χ4v) is 1.03. The van der Waals surface area contributed by atoms with Crippen molar-refractivity contribution in [3.8, 4) is 0 Å². The molecule has 0 saturated carbocycles. The quantitative estimate of drug-likeness (QED) is 0.755. The molecular weight excluding hydrogens is 204 g/mol. The highest BCUT2D eigenvalue weighted by molar-refractivity contribution is 5.72. The minimum Gasteiger partial charge on any atom is -0.481 e. The van der Waals surface area contributed by atoms with Crippen LogP contribution in [0.5, 0.6) is 0 Å². The number of nitrogen functional groups attached to an aromatic ring is 1. The van der Waals surface area contributed by atoms with E-state index in [0.717, 1.165) is 12.1 Å². The summed E-state index contributed by atoms with van der Waals surface area (Å²) in [7, 11) is 0. The molecular formula is C10H9F2NO2. The van der Waals surface area contributed by atoms with E-state index in [9.17, 15) is 13.6 Å². The molecule has 80 valence electrons. The molecule has 3 nitrogen and oxygen atoms in total. The zero-order valence-electron chi connectivity index (χ0n) is 7.71. The lowest BCUT2D eigenvalue weighted by Crippen LogP contribution is -1.96. The third-order valence-electron chi connectivity index (χ3n) is 1.74. The van der Waals surface area contributed by atoms with Crippen molar-refractivity contribution in [3.63, 3.8) is 0 Å². The summed E-state index contributed by atoms with van der Waals surface area (Å²) in [6.07, 6.45) is 2.09. The van der Waals surface area contributed by atoms with Crippen LogP contribution in [0.4, 0.5) is 14.5 Å². The second-order valence-corrected chi connectivity index (χ2v) is 2.86. The summed E-state index contributed by atoms with van der Waals surface area (Å²) < 4.78 is 25.9. The van der Waals surface area contributed by atoms with Gasteiger partial charge in [0, 0.05) is 11.3 Å². The Hall–Kier alpha value is -1.91. The summed E-state index contributed by atoms with van der Waals surface area (Å²) in [4.78, 5) is 10.2. The highest BCUT2D eigenvalue weighted by Gasteiger charge is 2.08. The molecule has 0 aliphatic rings. The van der Waals surface area contributed by atoms with Crippen molar-refractivity contribution >= 4 is 17.7 Å². The molecule has 0 aliphatic heterocycles. The average Bonchev–Trinajstić information content (AvgIpc) is 2.17. The van der Waals surface area contributed by atoms with Crippen LogP contribution in [0.2, 0.25) is 0 Å². The Balaban J connectivity index is 2.98. The van der Waals surface area contributed by atoms with E-state index in [0.29, 0.717) is 0 Å². The van der Waals surface area contributed by atoms with Crippen LogP contribution < -0.4 is 5.73 Å². The Labute approximate surface area is 84.8 Å². The third-order valence-corrected chi connectivity index (χ3v) is 1.74. The predicted molar refractivity (Wildman–Crippen MR) is 52.1 cm³/mol. The van der Waals surface area contributed by atoms with Crippen molar-refractivity contribution in [1.29, 1.82) is 0 Å². The van der Waals surface area contributed by atoms with Gasteiger partial charge < -0.3 is 10.8 Å². The number of hydrogen-bond acceptors (Lipinski definition) is 2. The smallest absolute Gasteiger partial charge is 0.307 e. The molecule has 0 saturated heterocycles. The van der Waals surface area contributed by atoms with Crippen molar-refractivity contribution in [1.82, 2.24) is 0 Å². The Morgan fingerprint density at radius 2 is 2.13 bits per heavy atom. The maximum absolute atomic E-state index is 13.1. The first-order valence-corrected chi connectivity index (χ1v) is 4.14. The molecule has 0 radical (unpaired) electrons. The summed E-state index contributed by atoms with van der Waals surface area (Å²) in [6.45, 7) is 0. The van der Waals surface area contributed by atoms with Crippen molar-refractivity contribution < 1.29 is 18.7 Å². The number of anilines is 1. The van der Waals surface area contributed by atoms with Gasteiger partial charge in [-0.15, -0.1) is 0 Å². The molecule has 0 aromatic heterocycles. The van der Waals surface area contributed by atoms with E-state index in [1.165, 1.54) is 12.1 Å². The molecule has 3 N–H and O–H groups in total. The van der Waals surface area contributed by atoms with E-state index < -0.39 is 17.6 Å². The van der Waals surface area contributed by atoms with Crippen LogP contribution >= 0.6 is 0 Å². The lowest BCUT2D eigenvalue weighted by Gasteiger charge is -2.02. The van der Waals surface area contributed by atoms with Gasteiger partial charge in [-0.25, -0.2) is 8.78 Å². The topological polar surface area (TPSA) is 63.3 Å². The highest BCUT2D eigenvalue weighted by Crippen LogP contribution is 2.20. The lowest BCUT2D eigenvalue weighted by atomic mass is 10.1. The molecule has 0 amide bonds. The van der Waals surface area contributed by atoms with E-state index in [1.54, 1.807) is 0 Å². The van der Waals surface area contributed by atoms with Crippen molar-refractivity contribution in [2.45, 2.75) is 6.42 Å². The van der Waals surface area contributed by atoms with E-state index in [4.69, 9.17) is 10.8 Å². The lowest BCUT2D eigenvalue weighted by molar-refractivity contribution is -0.135. The molecule has 15 heavy (non-hydrogen) atoms. The number of rotatable bonds is 3. The first-order chi connectivity index (χ1) is 7.02. The van der Waals surface area contributed by atoms with Gasteiger partial charge in [0.15, 0.2) is 11.6 Å². The van der Waals surface area contributed by atoms with Gasteiger partial charge in [0.1, 0.15) is 0 Å². The number of benzene rings is 1. The maximum atomic E-state index is 13.1. The largest absolute Gasteiger partial charge is 0.481 e. The van der Waals surface area contributed by atoms with Gasteiger partial charge in [-0.2, -0.15) is 0 Å². The second-order valence-electron chi connectivity index (χ2n) is 2.86. The molecule has 1 aromatic carbocycles. The van der Waals surface area contributed by atoms with Crippen molar-refractivity contribution in [2.75, 3.05) is 5.73 Å². The summed E-state index contributed by atoms with van der Waals surface area (Å²) >= 11 is 0. The zero-order valence-corrected chi connectivity index (χ0v) is 7.71.